The first-order valence-corrected chi connectivity index (χ1v) is 11.0. The molecule has 0 unspecified atom stereocenters. The Morgan fingerprint density at radius 1 is 1.00 bits per heavy atom. The SMILES string of the molecule is CC(C)(C)NCc1ccc(/C=C/C(=O)N2CCN(c3ccc(Cl)c(Cl)c3)CC2)cc1. The molecule has 4 nitrogen and oxygen atoms in total. The Morgan fingerprint density at radius 2 is 1.67 bits per heavy atom. The van der Waals surface area contributed by atoms with Gasteiger partial charge in [-0.2, -0.15) is 0 Å². The maximum atomic E-state index is 12.6. The van der Waals surface area contributed by atoms with Crippen LogP contribution in [0.4, 0.5) is 5.69 Å². The number of nitrogens with zero attached hydrogens (tertiary/aromatic N) is 2. The largest absolute Gasteiger partial charge is 0.368 e. The van der Waals surface area contributed by atoms with Gasteiger partial charge in [0.25, 0.3) is 0 Å². The number of nitrogens with one attached hydrogen (secondary N) is 1. The third-order valence-electron chi connectivity index (χ3n) is 5.08. The van der Waals surface area contributed by atoms with Crippen molar-refractivity contribution in [2.75, 3.05) is 31.1 Å². The van der Waals surface area contributed by atoms with Crippen molar-refractivity contribution in [3.8, 4) is 0 Å². The number of hydrogen-bond acceptors (Lipinski definition) is 3. The van der Waals surface area contributed by atoms with Crippen LogP contribution in [-0.2, 0) is 11.3 Å². The molecule has 0 radical (unpaired) electrons. The number of hydrogen-bond donors (Lipinski definition) is 1. The van der Waals surface area contributed by atoms with Gasteiger partial charge in [-0.1, -0.05) is 47.5 Å². The summed E-state index contributed by atoms with van der Waals surface area (Å²) in [4.78, 5) is 16.7. The van der Waals surface area contributed by atoms with Gasteiger partial charge in [0, 0.05) is 50.0 Å². The molecular weight excluding hydrogens is 417 g/mol. The molecule has 0 aromatic heterocycles. The molecule has 0 spiro atoms. The van der Waals surface area contributed by atoms with Crippen LogP contribution >= 0.6 is 23.2 Å². The molecule has 1 fully saturated rings. The number of anilines is 1. The maximum Gasteiger partial charge on any atom is 0.246 e. The molecule has 0 atom stereocenters. The zero-order valence-electron chi connectivity index (χ0n) is 17.8. The van der Waals surface area contributed by atoms with Crippen molar-refractivity contribution in [1.29, 1.82) is 0 Å². The lowest BCUT2D eigenvalue weighted by molar-refractivity contribution is -0.126. The van der Waals surface area contributed by atoms with E-state index in [1.54, 1.807) is 6.08 Å². The number of carbonyl (C=O) groups is 1. The second kappa shape index (κ2) is 9.86. The Balaban J connectivity index is 1.50. The van der Waals surface area contributed by atoms with Crippen LogP contribution in [-0.4, -0.2) is 42.5 Å². The highest BCUT2D eigenvalue weighted by Gasteiger charge is 2.20. The molecule has 6 heteroatoms. The minimum Gasteiger partial charge on any atom is -0.368 e. The molecule has 1 heterocycles. The Bertz CT molecular complexity index is 896. The van der Waals surface area contributed by atoms with E-state index < -0.39 is 0 Å². The van der Waals surface area contributed by atoms with Gasteiger partial charge >= 0.3 is 0 Å². The number of benzene rings is 2. The van der Waals surface area contributed by atoms with Crippen LogP contribution in [0.5, 0.6) is 0 Å². The molecule has 30 heavy (non-hydrogen) atoms. The zero-order valence-corrected chi connectivity index (χ0v) is 19.3. The smallest absolute Gasteiger partial charge is 0.246 e. The highest BCUT2D eigenvalue weighted by molar-refractivity contribution is 6.42. The molecule has 1 saturated heterocycles. The highest BCUT2D eigenvalue weighted by Crippen LogP contribution is 2.27. The van der Waals surface area contributed by atoms with Gasteiger partial charge in [0.05, 0.1) is 10.0 Å². The number of halogens is 2. The first-order valence-electron chi connectivity index (χ1n) is 10.2. The van der Waals surface area contributed by atoms with E-state index in [1.807, 2.05) is 41.3 Å². The molecular formula is C24H29Cl2N3O. The summed E-state index contributed by atoms with van der Waals surface area (Å²) < 4.78 is 0. The zero-order chi connectivity index (χ0) is 21.7. The van der Waals surface area contributed by atoms with Gasteiger partial charge in [-0.25, -0.2) is 0 Å². The van der Waals surface area contributed by atoms with Gasteiger partial charge in [0.2, 0.25) is 5.91 Å². The minimum atomic E-state index is 0.0438. The molecule has 2 aromatic rings. The maximum absolute atomic E-state index is 12.6. The summed E-state index contributed by atoms with van der Waals surface area (Å²) >= 11 is 12.1. The lowest BCUT2D eigenvalue weighted by Crippen LogP contribution is -2.48. The molecule has 0 aliphatic carbocycles. The van der Waals surface area contributed by atoms with Crippen LogP contribution in [0.1, 0.15) is 31.9 Å². The van der Waals surface area contributed by atoms with Gasteiger partial charge < -0.3 is 15.1 Å². The molecule has 3 rings (SSSR count). The van der Waals surface area contributed by atoms with E-state index in [9.17, 15) is 4.79 Å². The fourth-order valence-electron chi connectivity index (χ4n) is 3.25. The Hall–Kier alpha value is -2.01. The summed E-state index contributed by atoms with van der Waals surface area (Å²) in [6, 6.07) is 13.9. The lowest BCUT2D eigenvalue weighted by Gasteiger charge is -2.35. The summed E-state index contributed by atoms with van der Waals surface area (Å²) in [6.07, 6.45) is 3.55. The Kier molecular flexibility index (Phi) is 7.45. The minimum absolute atomic E-state index is 0.0438. The van der Waals surface area contributed by atoms with Gasteiger partial charge in [0.1, 0.15) is 0 Å². The van der Waals surface area contributed by atoms with E-state index in [1.165, 1.54) is 5.56 Å². The van der Waals surface area contributed by atoms with Crippen LogP contribution in [0.15, 0.2) is 48.5 Å². The van der Waals surface area contributed by atoms with Crippen molar-refractivity contribution in [1.82, 2.24) is 10.2 Å². The van der Waals surface area contributed by atoms with Crippen molar-refractivity contribution >= 4 is 40.9 Å². The van der Waals surface area contributed by atoms with Gasteiger partial charge in [0.15, 0.2) is 0 Å². The number of carbonyl (C=O) groups excluding carboxylic acids is 1. The van der Waals surface area contributed by atoms with E-state index in [0.717, 1.165) is 30.9 Å². The third-order valence-corrected chi connectivity index (χ3v) is 5.82. The molecule has 1 aliphatic rings. The van der Waals surface area contributed by atoms with E-state index in [2.05, 4.69) is 43.1 Å². The van der Waals surface area contributed by atoms with Gasteiger partial charge in [-0.15, -0.1) is 0 Å². The normalized spacial score (nSPS) is 15.1. The van der Waals surface area contributed by atoms with E-state index >= 15 is 0 Å². The van der Waals surface area contributed by atoms with Crippen molar-refractivity contribution in [3.05, 3.63) is 69.7 Å². The summed E-state index contributed by atoms with van der Waals surface area (Å²) in [5, 5.41) is 4.58. The second-order valence-electron chi connectivity index (χ2n) is 8.59. The van der Waals surface area contributed by atoms with Gasteiger partial charge in [-0.3, -0.25) is 4.79 Å². The fraction of sp³-hybridized carbons (Fsp3) is 0.375. The summed E-state index contributed by atoms with van der Waals surface area (Å²) in [6.45, 7) is 10.2. The first-order chi connectivity index (χ1) is 14.2. The molecule has 2 aromatic carbocycles. The number of piperazine rings is 1. The van der Waals surface area contributed by atoms with Crippen molar-refractivity contribution < 1.29 is 4.79 Å². The molecule has 1 amide bonds. The van der Waals surface area contributed by atoms with E-state index in [4.69, 9.17) is 23.2 Å². The standard InChI is InChI=1S/C24H29Cl2N3O/c1-24(2,3)27-17-19-6-4-18(5-7-19)8-11-23(30)29-14-12-28(13-15-29)20-9-10-21(25)22(26)16-20/h4-11,16,27H,12-15,17H2,1-3H3/b11-8+. The quantitative estimate of drug-likeness (QED) is 0.638. The number of rotatable bonds is 5. The molecule has 160 valence electrons. The molecule has 1 N–H and O–H groups in total. The van der Waals surface area contributed by atoms with Crippen LogP contribution in [0.3, 0.4) is 0 Å². The molecule has 0 saturated carbocycles. The third kappa shape index (κ3) is 6.49. The Labute approximate surface area is 189 Å². The van der Waals surface area contributed by atoms with E-state index in [-0.39, 0.29) is 11.4 Å². The topological polar surface area (TPSA) is 35.6 Å². The number of amides is 1. The average Bonchev–Trinajstić information content (AvgIpc) is 2.73. The van der Waals surface area contributed by atoms with Crippen LogP contribution < -0.4 is 10.2 Å². The van der Waals surface area contributed by atoms with Crippen molar-refractivity contribution in [2.24, 2.45) is 0 Å². The second-order valence-corrected chi connectivity index (χ2v) is 9.40. The summed E-state index contributed by atoms with van der Waals surface area (Å²) in [5.74, 6) is 0.0438. The lowest BCUT2D eigenvalue weighted by atomic mass is 10.1. The van der Waals surface area contributed by atoms with Crippen LogP contribution in [0.25, 0.3) is 6.08 Å². The predicted octanol–water partition coefficient (Wildman–Crippen LogP) is 5.24. The highest BCUT2D eigenvalue weighted by atomic mass is 35.5. The fourth-order valence-corrected chi connectivity index (χ4v) is 3.55. The van der Waals surface area contributed by atoms with Crippen LogP contribution in [0.2, 0.25) is 10.0 Å². The average molecular weight is 446 g/mol. The molecule has 0 bridgehead atoms. The predicted molar refractivity (Wildman–Crippen MR) is 127 cm³/mol. The monoisotopic (exact) mass is 445 g/mol. The van der Waals surface area contributed by atoms with Crippen LogP contribution in [0, 0.1) is 0 Å². The van der Waals surface area contributed by atoms with Gasteiger partial charge in [-0.05, 0) is 56.2 Å². The summed E-state index contributed by atoms with van der Waals surface area (Å²) in [5.41, 5.74) is 3.38. The van der Waals surface area contributed by atoms with Crippen molar-refractivity contribution in [3.63, 3.8) is 0 Å². The molecule has 1 aliphatic heterocycles. The summed E-state index contributed by atoms with van der Waals surface area (Å²) in [7, 11) is 0. The van der Waals surface area contributed by atoms with E-state index in [0.29, 0.717) is 23.1 Å². The van der Waals surface area contributed by atoms with Crippen molar-refractivity contribution in [2.45, 2.75) is 32.9 Å². The first kappa shape index (κ1) is 22.7. The Morgan fingerprint density at radius 3 is 2.27 bits per heavy atom.